The van der Waals surface area contributed by atoms with Gasteiger partial charge in [0.1, 0.15) is 17.2 Å². The van der Waals surface area contributed by atoms with Crippen LogP contribution in [-0.4, -0.2) is 49.2 Å². The molecule has 0 N–H and O–H groups in total. The Labute approximate surface area is 250 Å². The molecular weight excluding hydrogens is 534 g/mol. The van der Waals surface area contributed by atoms with Crippen molar-refractivity contribution in [3.63, 3.8) is 0 Å². The van der Waals surface area contributed by atoms with E-state index in [0.29, 0.717) is 56.2 Å². The number of piperidine rings is 1. The van der Waals surface area contributed by atoms with E-state index < -0.39 is 5.97 Å². The van der Waals surface area contributed by atoms with Crippen LogP contribution in [0.25, 0.3) is 0 Å². The van der Waals surface area contributed by atoms with Crippen LogP contribution in [0.5, 0.6) is 17.2 Å². The van der Waals surface area contributed by atoms with Crippen molar-refractivity contribution in [3.8, 4) is 17.2 Å². The first-order valence-electron chi connectivity index (χ1n) is 15.7. The summed E-state index contributed by atoms with van der Waals surface area (Å²) in [6.07, 6.45) is 12.6. The number of ether oxygens (including phenoxy) is 4. The van der Waals surface area contributed by atoms with E-state index in [-0.39, 0.29) is 18.0 Å². The summed E-state index contributed by atoms with van der Waals surface area (Å²) in [6.45, 7) is 6.29. The summed E-state index contributed by atoms with van der Waals surface area (Å²) in [5.41, 5.74) is 0.422. The van der Waals surface area contributed by atoms with E-state index >= 15 is 0 Å². The number of carbonyl (C=O) groups is 3. The third-order valence-electron chi connectivity index (χ3n) is 7.42. The molecule has 0 saturated carbocycles. The van der Waals surface area contributed by atoms with Gasteiger partial charge < -0.3 is 23.8 Å². The second kappa shape index (κ2) is 18.8. The number of hydrogen-bond donors (Lipinski definition) is 0. The summed E-state index contributed by atoms with van der Waals surface area (Å²) in [5.74, 6) is 0.370. The van der Waals surface area contributed by atoms with Crippen molar-refractivity contribution in [1.82, 2.24) is 4.90 Å². The molecule has 0 spiro atoms. The molecule has 0 aliphatic carbocycles. The lowest BCUT2D eigenvalue weighted by Crippen LogP contribution is -2.41. The molecule has 1 saturated heterocycles. The third kappa shape index (κ3) is 11.7. The van der Waals surface area contributed by atoms with Gasteiger partial charge in [-0.05, 0) is 74.2 Å². The second-order valence-corrected chi connectivity index (χ2v) is 10.9. The van der Waals surface area contributed by atoms with Gasteiger partial charge in [0.05, 0.1) is 24.7 Å². The molecule has 2 aromatic carbocycles. The molecule has 0 unspecified atom stereocenters. The van der Waals surface area contributed by atoms with Gasteiger partial charge in [-0.15, -0.1) is 0 Å². The fourth-order valence-electron chi connectivity index (χ4n) is 4.75. The van der Waals surface area contributed by atoms with Crippen LogP contribution in [-0.2, 0) is 9.53 Å². The standard InChI is InChI=1S/C34H47NO7/c1-3-5-7-8-9-10-11-12-26-39-29-15-13-27(14-16-29)32(36)41-30-17-19-31(20-18-30)42-33(37)28-21-23-35(24-22-28)34(38)40-25-6-4-2/h13-20,28H,3-12,21-26H2,1-2H3. The molecule has 1 fully saturated rings. The highest BCUT2D eigenvalue weighted by Crippen LogP contribution is 2.24. The van der Waals surface area contributed by atoms with Gasteiger partial charge in [0.25, 0.3) is 0 Å². The first kappa shape index (κ1) is 33.0. The van der Waals surface area contributed by atoms with Crippen molar-refractivity contribution >= 4 is 18.0 Å². The quantitative estimate of drug-likeness (QED) is 0.106. The lowest BCUT2D eigenvalue weighted by atomic mass is 9.97. The molecule has 2 aromatic rings. The average molecular weight is 582 g/mol. The zero-order valence-electron chi connectivity index (χ0n) is 25.3. The molecule has 42 heavy (non-hydrogen) atoms. The zero-order valence-corrected chi connectivity index (χ0v) is 25.3. The molecule has 8 nitrogen and oxygen atoms in total. The Morgan fingerprint density at radius 1 is 0.667 bits per heavy atom. The topological polar surface area (TPSA) is 91.4 Å². The van der Waals surface area contributed by atoms with Crippen LogP contribution in [0, 0.1) is 5.92 Å². The van der Waals surface area contributed by atoms with Gasteiger partial charge >= 0.3 is 18.0 Å². The third-order valence-corrected chi connectivity index (χ3v) is 7.42. The Morgan fingerprint density at radius 2 is 1.21 bits per heavy atom. The molecule has 3 rings (SSSR count). The maximum atomic E-state index is 12.6. The van der Waals surface area contributed by atoms with Crippen LogP contribution in [0.15, 0.2) is 48.5 Å². The first-order valence-corrected chi connectivity index (χ1v) is 15.7. The number of amides is 1. The summed E-state index contributed by atoms with van der Waals surface area (Å²) in [7, 11) is 0. The summed E-state index contributed by atoms with van der Waals surface area (Å²) in [4.78, 5) is 39.0. The summed E-state index contributed by atoms with van der Waals surface area (Å²) in [5, 5.41) is 0. The minimum absolute atomic E-state index is 0.283. The first-order chi connectivity index (χ1) is 20.5. The van der Waals surface area contributed by atoms with E-state index in [0.717, 1.165) is 25.0 Å². The van der Waals surface area contributed by atoms with Crippen LogP contribution < -0.4 is 14.2 Å². The number of nitrogens with zero attached hydrogens (tertiary/aromatic N) is 1. The van der Waals surface area contributed by atoms with Crippen molar-refractivity contribution in [3.05, 3.63) is 54.1 Å². The van der Waals surface area contributed by atoms with E-state index in [4.69, 9.17) is 18.9 Å². The van der Waals surface area contributed by atoms with Gasteiger partial charge in [-0.3, -0.25) is 4.79 Å². The van der Waals surface area contributed by atoms with Gasteiger partial charge in [0.15, 0.2) is 0 Å². The number of benzene rings is 2. The van der Waals surface area contributed by atoms with Crippen LogP contribution in [0.1, 0.15) is 101 Å². The summed E-state index contributed by atoms with van der Waals surface area (Å²) in [6, 6.07) is 13.3. The molecule has 0 aromatic heterocycles. The molecule has 1 amide bonds. The number of rotatable bonds is 17. The largest absolute Gasteiger partial charge is 0.494 e. The summed E-state index contributed by atoms with van der Waals surface area (Å²) < 4.78 is 22.1. The Hall–Kier alpha value is -3.55. The van der Waals surface area contributed by atoms with E-state index in [1.54, 1.807) is 53.4 Å². The molecule has 0 atom stereocenters. The summed E-state index contributed by atoms with van der Waals surface area (Å²) >= 11 is 0. The maximum absolute atomic E-state index is 12.6. The molecule has 230 valence electrons. The minimum Gasteiger partial charge on any atom is -0.494 e. The van der Waals surface area contributed by atoms with Gasteiger partial charge in [0, 0.05) is 13.1 Å². The van der Waals surface area contributed by atoms with Crippen LogP contribution in [0.2, 0.25) is 0 Å². The van der Waals surface area contributed by atoms with Crippen molar-refractivity contribution < 1.29 is 33.3 Å². The van der Waals surface area contributed by atoms with E-state index in [1.807, 2.05) is 6.92 Å². The van der Waals surface area contributed by atoms with Gasteiger partial charge in [-0.1, -0.05) is 65.2 Å². The normalized spacial score (nSPS) is 13.4. The Morgan fingerprint density at radius 3 is 1.83 bits per heavy atom. The number of carbonyl (C=O) groups excluding carboxylic acids is 3. The molecule has 8 heteroatoms. The van der Waals surface area contributed by atoms with Crippen molar-refractivity contribution in [2.24, 2.45) is 5.92 Å². The highest BCUT2D eigenvalue weighted by molar-refractivity contribution is 5.91. The highest BCUT2D eigenvalue weighted by atomic mass is 16.6. The SMILES string of the molecule is CCCCCCCCCCOc1ccc(C(=O)Oc2ccc(OC(=O)C3CCN(C(=O)OCCCC)CC3)cc2)cc1. The van der Waals surface area contributed by atoms with Crippen molar-refractivity contribution in [2.75, 3.05) is 26.3 Å². The van der Waals surface area contributed by atoms with E-state index in [1.165, 1.54) is 44.9 Å². The molecular formula is C34H47NO7. The smallest absolute Gasteiger partial charge is 0.409 e. The molecule has 0 radical (unpaired) electrons. The predicted octanol–water partition coefficient (Wildman–Crippen LogP) is 7.98. The van der Waals surface area contributed by atoms with E-state index in [9.17, 15) is 14.4 Å². The zero-order chi connectivity index (χ0) is 30.0. The second-order valence-electron chi connectivity index (χ2n) is 10.9. The Bertz CT molecular complexity index is 1080. The predicted molar refractivity (Wildman–Crippen MR) is 162 cm³/mol. The maximum Gasteiger partial charge on any atom is 0.409 e. The van der Waals surface area contributed by atoms with Gasteiger partial charge in [-0.25, -0.2) is 9.59 Å². The molecule has 1 aliphatic heterocycles. The van der Waals surface area contributed by atoms with Gasteiger partial charge in [0.2, 0.25) is 0 Å². The number of esters is 2. The van der Waals surface area contributed by atoms with Crippen LogP contribution in [0.3, 0.4) is 0 Å². The number of hydrogen-bond acceptors (Lipinski definition) is 7. The fourth-order valence-corrected chi connectivity index (χ4v) is 4.75. The fraction of sp³-hybridized carbons (Fsp3) is 0.559. The Kier molecular flexibility index (Phi) is 14.7. The molecule has 0 bridgehead atoms. The minimum atomic E-state index is -0.477. The highest BCUT2D eigenvalue weighted by Gasteiger charge is 2.29. The Balaban J connectivity index is 1.34. The van der Waals surface area contributed by atoms with Crippen LogP contribution >= 0.6 is 0 Å². The molecule has 1 aliphatic rings. The lowest BCUT2D eigenvalue weighted by molar-refractivity contribution is -0.140. The number of likely N-dealkylation sites (tertiary alicyclic amines) is 1. The van der Waals surface area contributed by atoms with Crippen LogP contribution in [0.4, 0.5) is 4.79 Å². The number of unbranched alkanes of at least 4 members (excludes halogenated alkanes) is 8. The molecule has 1 heterocycles. The lowest BCUT2D eigenvalue weighted by Gasteiger charge is -2.30. The average Bonchev–Trinajstić information content (AvgIpc) is 3.01. The van der Waals surface area contributed by atoms with E-state index in [2.05, 4.69) is 6.92 Å². The monoisotopic (exact) mass is 581 g/mol. The van der Waals surface area contributed by atoms with Crippen molar-refractivity contribution in [2.45, 2.75) is 90.9 Å². The van der Waals surface area contributed by atoms with Crippen molar-refractivity contribution in [1.29, 1.82) is 0 Å². The van der Waals surface area contributed by atoms with Gasteiger partial charge in [-0.2, -0.15) is 0 Å².